The molecule has 0 aliphatic carbocycles. The maximum absolute atomic E-state index is 6.33. The van der Waals surface area contributed by atoms with Gasteiger partial charge in [0.2, 0.25) is 0 Å². The molecule has 0 amide bonds. The van der Waals surface area contributed by atoms with E-state index in [1.54, 1.807) is 11.3 Å². The van der Waals surface area contributed by atoms with Crippen LogP contribution in [-0.4, -0.2) is 7.05 Å². The van der Waals surface area contributed by atoms with E-state index < -0.39 is 0 Å². The van der Waals surface area contributed by atoms with E-state index >= 15 is 0 Å². The zero-order valence-corrected chi connectivity index (χ0v) is 13.7. The van der Waals surface area contributed by atoms with Gasteiger partial charge >= 0.3 is 0 Å². The third kappa shape index (κ3) is 3.26. The van der Waals surface area contributed by atoms with Crippen molar-refractivity contribution in [1.82, 2.24) is 5.32 Å². The summed E-state index contributed by atoms with van der Waals surface area (Å²) in [6.07, 6.45) is 0.717. The molecule has 1 atom stereocenters. The first-order valence-corrected chi connectivity index (χ1v) is 7.89. The summed E-state index contributed by atoms with van der Waals surface area (Å²) in [5, 5.41) is 7.56. The molecular formula is C14H14Cl3NS. The zero-order chi connectivity index (χ0) is 14.0. The maximum Gasteiger partial charge on any atom is 0.0590 e. The lowest BCUT2D eigenvalue weighted by molar-refractivity contribution is 0.602. The van der Waals surface area contributed by atoms with Gasteiger partial charge in [-0.1, -0.05) is 40.9 Å². The third-order valence-corrected chi connectivity index (χ3v) is 5.60. The van der Waals surface area contributed by atoms with Gasteiger partial charge in [-0.05, 0) is 49.0 Å². The molecule has 0 saturated heterocycles. The van der Waals surface area contributed by atoms with Gasteiger partial charge in [0.1, 0.15) is 0 Å². The summed E-state index contributed by atoms with van der Waals surface area (Å²) in [4.78, 5) is 1.12. The summed E-state index contributed by atoms with van der Waals surface area (Å²) >= 11 is 20.4. The fourth-order valence-electron chi connectivity index (χ4n) is 1.94. The predicted molar refractivity (Wildman–Crippen MR) is 86.0 cm³/mol. The first kappa shape index (κ1) is 15.1. The van der Waals surface area contributed by atoms with Crippen molar-refractivity contribution in [3.63, 3.8) is 0 Å². The Kier molecular flexibility index (Phi) is 5.15. The Hall–Kier alpha value is -0.250. The molecule has 1 N–H and O–H groups in total. The molecule has 1 aromatic carbocycles. The van der Waals surface area contributed by atoms with Crippen LogP contribution in [0.4, 0.5) is 0 Å². The molecule has 0 saturated carbocycles. The molecule has 102 valence electrons. The van der Waals surface area contributed by atoms with Gasteiger partial charge in [-0.15, -0.1) is 11.3 Å². The van der Waals surface area contributed by atoms with Crippen molar-refractivity contribution in [3.05, 3.63) is 54.7 Å². The van der Waals surface area contributed by atoms with E-state index in [9.17, 15) is 0 Å². The first-order valence-electron chi connectivity index (χ1n) is 5.88. The van der Waals surface area contributed by atoms with Crippen LogP contribution in [0.5, 0.6) is 0 Å². The highest BCUT2D eigenvalue weighted by molar-refractivity contribution is 7.10. The molecule has 0 aliphatic heterocycles. The maximum atomic E-state index is 6.33. The van der Waals surface area contributed by atoms with Gasteiger partial charge in [-0.3, -0.25) is 0 Å². The number of likely N-dealkylation sites (N-methyl/N-ethyl adjacent to an activating group) is 1. The van der Waals surface area contributed by atoms with E-state index in [1.807, 2.05) is 32.2 Å². The first-order chi connectivity index (χ1) is 9.04. The topological polar surface area (TPSA) is 12.0 Å². The minimum atomic E-state index is 0.114. The molecule has 1 nitrogen and oxygen atoms in total. The van der Waals surface area contributed by atoms with Crippen LogP contribution in [-0.2, 0) is 6.42 Å². The number of nitrogens with one attached hydrogen (secondary N) is 1. The molecular weight excluding hydrogens is 321 g/mol. The summed E-state index contributed by atoms with van der Waals surface area (Å²) in [5.74, 6) is 0. The second kappa shape index (κ2) is 6.47. The van der Waals surface area contributed by atoms with Crippen LogP contribution in [0.2, 0.25) is 15.1 Å². The quantitative estimate of drug-likeness (QED) is 0.776. The van der Waals surface area contributed by atoms with E-state index in [-0.39, 0.29) is 6.04 Å². The standard InChI is InChI=1S/C14H14Cl3NS/c1-8-7-19-14(13(8)17)12(18-2)6-9-10(15)4-3-5-11(9)16/h3-5,7,12,18H,6H2,1-2H3. The Bertz CT molecular complexity index is 560. The van der Waals surface area contributed by atoms with Crippen molar-refractivity contribution in [2.75, 3.05) is 7.05 Å². The van der Waals surface area contributed by atoms with E-state index in [2.05, 4.69) is 10.7 Å². The molecule has 2 aromatic rings. The van der Waals surface area contributed by atoms with Crippen LogP contribution in [0.3, 0.4) is 0 Å². The summed E-state index contributed by atoms with van der Waals surface area (Å²) < 4.78 is 0. The summed E-state index contributed by atoms with van der Waals surface area (Å²) in [6.45, 7) is 2.01. The van der Waals surface area contributed by atoms with Crippen LogP contribution in [0, 0.1) is 6.92 Å². The summed E-state index contributed by atoms with van der Waals surface area (Å²) in [7, 11) is 1.92. The molecule has 2 rings (SSSR count). The molecule has 5 heteroatoms. The van der Waals surface area contributed by atoms with Gasteiger partial charge in [0.25, 0.3) is 0 Å². The van der Waals surface area contributed by atoms with Crippen molar-refractivity contribution in [3.8, 4) is 0 Å². The molecule has 0 fully saturated rings. The average molecular weight is 335 g/mol. The van der Waals surface area contributed by atoms with Crippen LogP contribution >= 0.6 is 46.1 Å². The second-order valence-electron chi connectivity index (χ2n) is 4.34. The predicted octanol–water partition coefficient (Wildman–Crippen LogP) is 5.52. The smallest absolute Gasteiger partial charge is 0.0590 e. The van der Waals surface area contributed by atoms with Crippen LogP contribution in [0.25, 0.3) is 0 Å². The highest BCUT2D eigenvalue weighted by Gasteiger charge is 2.19. The van der Waals surface area contributed by atoms with Crippen molar-refractivity contribution in [1.29, 1.82) is 0 Å². The zero-order valence-electron chi connectivity index (χ0n) is 10.6. The second-order valence-corrected chi connectivity index (χ2v) is 6.45. The fraction of sp³-hybridized carbons (Fsp3) is 0.286. The number of hydrogen-bond acceptors (Lipinski definition) is 2. The number of rotatable bonds is 4. The van der Waals surface area contributed by atoms with Gasteiger partial charge in [0.15, 0.2) is 0 Å². The van der Waals surface area contributed by atoms with Crippen LogP contribution < -0.4 is 5.32 Å². The van der Waals surface area contributed by atoms with Crippen LogP contribution in [0.15, 0.2) is 23.6 Å². The number of benzene rings is 1. The molecule has 0 bridgehead atoms. The number of thiophene rings is 1. The van der Waals surface area contributed by atoms with Crippen LogP contribution in [0.1, 0.15) is 22.0 Å². The third-order valence-electron chi connectivity index (χ3n) is 3.06. The lowest BCUT2D eigenvalue weighted by atomic mass is 10.0. The average Bonchev–Trinajstić information content (AvgIpc) is 2.71. The molecule has 19 heavy (non-hydrogen) atoms. The normalized spacial score (nSPS) is 12.7. The van der Waals surface area contributed by atoms with Crippen molar-refractivity contribution in [2.24, 2.45) is 0 Å². The molecule has 0 radical (unpaired) electrons. The van der Waals surface area contributed by atoms with E-state index in [4.69, 9.17) is 34.8 Å². The minimum Gasteiger partial charge on any atom is -0.312 e. The van der Waals surface area contributed by atoms with Crippen molar-refractivity contribution >= 4 is 46.1 Å². The largest absolute Gasteiger partial charge is 0.312 e. The highest BCUT2D eigenvalue weighted by Crippen LogP contribution is 2.36. The Morgan fingerprint density at radius 1 is 1.21 bits per heavy atom. The SMILES string of the molecule is CNC(Cc1c(Cl)cccc1Cl)c1scc(C)c1Cl. The molecule has 0 spiro atoms. The Balaban J connectivity index is 2.32. The fourth-order valence-corrected chi connectivity index (χ4v) is 3.93. The number of hydrogen-bond donors (Lipinski definition) is 1. The van der Waals surface area contributed by atoms with Gasteiger partial charge < -0.3 is 5.32 Å². The molecule has 1 unspecified atom stereocenters. The lowest BCUT2D eigenvalue weighted by Gasteiger charge is -2.17. The number of halogens is 3. The molecule has 0 aliphatic rings. The Morgan fingerprint density at radius 2 is 1.84 bits per heavy atom. The Morgan fingerprint density at radius 3 is 2.32 bits per heavy atom. The van der Waals surface area contributed by atoms with E-state index in [0.29, 0.717) is 16.5 Å². The molecule has 1 aromatic heterocycles. The van der Waals surface area contributed by atoms with Gasteiger partial charge in [0.05, 0.1) is 5.02 Å². The number of aryl methyl sites for hydroxylation is 1. The lowest BCUT2D eigenvalue weighted by Crippen LogP contribution is -2.18. The van der Waals surface area contributed by atoms with Gasteiger partial charge in [-0.2, -0.15) is 0 Å². The summed E-state index contributed by atoms with van der Waals surface area (Å²) in [5.41, 5.74) is 2.06. The highest BCUT2D eigenvalue weighted by atomic mass is 35.5. The van der Waals surface area contributed by atoms with E-state index in [0.717, 1.165) is 21.0 Å². The minimum absolute atomic E-state index is 0.114. The van der Waals surface area contributed by atoms with Gasteiger partial charge in [0, 0.05) is 21.0 Å². The molecule has 1 heterocycles. The van der Waals surface area contributed by atoms with Gasteiger partial charge in [-0.25, -0.2) is 0 Å². The van der Waals surface area contributed by atoms with Crippen molar-refractivity contribution < 1.29 is 0 Å². The van der Waals surface area contributed by atoms with Crippen molar-refractivity contribution in [2.45, 2.75) is 19.4 Å². The Labute approximate surface area is 132 Å². The van der Waals surface area contributed by atoms with E-state index in [1.165, 1.54) is 0 Å². The summed E-state index contributed by atoms with van der Waals surface area (Å²) in [6, 6.07) is 5.68. The monoisotopic (exact) mass is 333 g/mol.